The summed E-state index contributed by atoms with van der Waals surface area (Å²) in [6.45, 7) is 2.76. The molecule has 7 heteroatoms. The van der Waals surface area contributed by atoms with E-state index in [1.165, 1.54) is 6.33 Å². The van der Waals surface area contributed by atoms with E-state index < -0.39 is 0 Å². The standard InChI is InChI=1S/C19H22N6O/c1-26-19-16(10-20-13-21-19)12-25-9-5-8-15(11-25)18-22-17(23-24-18)14-6-3-2-4-7-14/h2-4,6-7,10,13,15H,5,8-9,11-12H2,1H3,(H,22,23,24). The van der Waals surface area contributed by atoms with Crippen molar-refractivity contribution in [2.75, 3.05) is 20.2 Å². The van der Waals surface area contributed by atoms with E-state index in [0.29, 0.717) is 11.8 Å². The smallest absolute Gasteiger partial charge is 0.220 e. The maximum Gasteiger partial charge on any atom is 0.220 e. The Balaban J connectivity index is 1.46. The summed E-state index contributed by atoms with van der Waals surface area (Å²) in [6.07, 6.45) is 5.59. The minimum Gasteiger partial charge on any atom is -0.481 e. The van der Waals surface area contributed by atoms with E-state index in [4.69, 9.17) is 9.72 Å². The summed E-state index contributed by atoms with van der Waals surface area (Å²) in [5, 5.41) is 7.55. The highest BCUT2D eigenvalue weighted by molar-refractivity contribution is 5.53. The van der Waals surface area contributed by atoms with Crippen LogP contribution in [0.2, 0.25) is 0 Å². The van der Waals surface area contributed by atoms with Gasteiger partial charge in [-0.1, -0.05) is 30.3 Å². The summed E-state index contributed by atoms with van der Waals surface area (Å²) >= 11 is 0. The topological polar surface area (TPSA) is 79.8 Å². The molecule has 2 aromatic heterocycles. The van der Waals surface area contributed by atoms with Gasteiger partial charge in [0, 0.05) is 36.3 Å². The van der Waals surface area contributed by atoms with Crippen molar-refractivity contribution in [2.24, 2.45) is 0 Å². The monoisotopic (exact) mass is 350 g/mol. The molecule has 0 saturated carbocycles. The summed E-state index contributed by atoms with van der Waals surface area (Å²) in [5.74, 6) is 2.72. The van der Waals surface area contributed by atoms with Gasteiger partial charge in [0.05, 0.1) is 7.11 Å². The lowest BCUT2D eigenvalue weighted by molar-refractivity contribution is 0.194. The lowest BCUT2D eigenvalue weighted by atomic mass is 9.97. The van der Waals surface area contributed by atoms with Crippen LogP contribution in [0.5, 0.6) is 5.88 Å². The van der Waals surface area contributed by atoms with Crippen LogP contribution < -0.4 is 4.74 Å². The Bertz CT molecular complexity index is 850. The average molecular weight is 350 g/mol. The van der Waals surface area contributed by atoms with Crippen molar-refractivity contribution in [1.82, 2.24) is 30.0 Å². The fraction of sp³-hybridized carbons (Fsp3) is 0.368. The highest BCUT2D eigenvalue weighted by atomic mass is 16.5. The average Bonchev–Trinajstić information content (AvgIpc) is 3.20. The number of methoxy groups -OCH3 is 1. The Morgan fingerprint density at radius 1 is 1.27 bits per heavy atom. The van der Waals surface area contributed by atoms with Gasteiger partial charge in [-0.25, -0.2) is 15.0 Å². The molecule has 1 N–H and O–H groups in total. The first-order valence-electron chi connectivity index (χ1n) is 8.86. The first-order chi connectivity index (χ1) is 12.8. The molecule has 134 valence electrons. The number of ether oxygens (including phenoxy) is 1. The highest BCUT2D eigenvalue weighted by Crippen LogP contribution is 2.27. The quantitative estimate of drug-likeness (QED) is 0.762. The molecule has 0 bridgehead atoms. The van der Waals surface area contributed by atoms with E-state index in [-0.39, 0.29) is 0 Å². The molecule has 1 saturated heterocycles. The van der Waals surface area contributed by atoms with Crippen LogP contribution in [0.3, 0.4) is 0 Å². The van der Waals surface area contributed by atoms with Gasteiger partial charge in [-0.3, -0.25) is 10.00 Å². The van der Waals surface area contributed by atoms with E-state index in [2.05, 4.69) is 25.1 Å². The molecule has 0 amide bonds. The molecule has 1 aromatic carbocycles. The number of nitrogens with one attached hydrogen (secondary N) is 1. The molecule has 3 heterocycles. The Morgan fingerprint density at radius 3 is 3.00 bits per heavy atom. The molecule has 3 aromatic rings. The zero-order valence-electron chi connectivity index (χ0n) is 14.8. The number of benzene rings is 1. The third-order valence-corrected chi connectivity index (χ3v) is 4.76. The maximum atomic E-state index is 5.34. The predicted molar refractivity (Wildman–Crippen MR) is 97.7 cm³/mol. The number of nitrogens with zero attached hydrogens (tertiary/aromatic N) is 5. The molecule has 1 atom stereocenters. The maximum absolute atomic E-state index is 5.34. The molecule has 1 unspecified atom stereocenters. The largest absolute Gasteiger partial charge is 0.481 e. The number of aromatic nitrogens is 5. The van der Waals surface area contributed by atoms with Crippen LogP contribution in [0.15, 0.2) is 42.9 Å². The van der Waals surface area contributed by atoms with Gasteiger partial charge in [-0.2, -0.15) is 5.10 Å². The predicted octanol–water partition coefficient (Wildman–Crippen LogP) is 2.65. The number of hydrogen-bond acceptors (Lipinski definition) is 6. The number of aromatic amines is 1. The van der Waals surface area contributed by atoms with Gasteiger partial charge in [0.15, 0.2) is 5.82 Å². The summed E-state index contributed by atoms with van der Waals surface area (Å²) in [6, 6.07) is 10.1. The molecule has 7 nitrogen and oxygen atoms in total. The minimum atomic E-state index is 0.351. The third-order valence-electron chi connectivity index (χ3n) is 4.76. The molecule has 0 aliphatic carbocycles. The molecule has 1 fully saturated rings. The number of hydrogen-bond donors (Lipinski definition) is 1. The SMILES string of the molecule is COc1ncncc1CN1CCCC(c2nc(-c3ccccc3)n[nH]2)C1. The van der Waals surface area contributed by atoms with Gasteiger partial charge in [-0.15, -0.1) is 0 Å². The summed E-state index contributed by atoms with van der Waals surface area (Å²) < 4.78 is 5.34. The van der Waals surface area contributed by atoms with E-state index in [0.717, 1.165) is 55.3 Å². The van der Waals surface area contributed by atoms with Crippen LogP contribution in [0, 0.1) is 0 Å². The van der Waals surface area contributed by atoms with Gasteiger partial charge in [0.2, 0.25) is 5.88 Å². The van der Waals surface area contributed by atoms with Crippen molar-refractivity contribution in [3.8, 4) is 17.3 Å². The Kier molecular flexibility index (Phi) is 4.88. The van der Waals surface area contributed by atoms with Crippen LogP contribution >= 0.6 is 0 Å². The fourth-order valence-corrected chi connectivity index (χ4v) is 3.48. The van der Waals surface area contributed by atoms with E-state index in [9.17, 15) is 0 Å². The first kappa shape index (κ1) is 16.7. The summed E-state index contributed by atoms with van der Waals surface area (Å²) in [4.78, 5) is 15.5. The lowest BCUT2D eigenvalue weighted by Crippen LogP contribution is -2.34. The zero-order chi connectivity index (χ0) is 17.8. The fourth-order valence-electron chi connectivity index (χ4n) is 3.48. The highest BCUT2D eigenvalue weighted by Gasteiger charge is 2.25. The summed E-state index contributed by atoms with van der Waals surface area (Å²) in [7, 11) is 1.64. The summed E-state index contributed by atoms with van der Waals surface area (Å²) in [5.41, 5.74) is 2.05. The van der Waals surface area contributed by atoms with Crippen LogP contribution in [-0.4, -0.2) is 50.2 Å². The number of rotatable bonds is 5. The normalized spacial score (nSPS) is 18.0. The van der Waals surface area contributed by atoms with Gasteiger partial charge >= 0.3 is 0 Å². The minimum absolute atomic E-state index is 0.351. The molecule has 0 spiro atoms. The van der Waals surface area contributed by atoms with Gasteiger partial charge in [0.25, 0.3) is 0 Å². The van der Waals surface area contributed by atoms with Crippen molar-refractivity contribution in [1.29, 1.82) is 0 Å². The zero-order valence-corrected chi connectivity index (χ0v) is 14.8. The van der Waals surface area contributed by atoms with Gasteiger partial charge in [-0.05, 0) is 19.4 Å². The number of likely N-dealkylation sites (tertiary alicyclic amines) is 1. The van der Waals surface area contributed by atoms with Crippen LogP contribution in [0.4, 0.5) is 0 Å². The van der Waals surface area contributed by atoms with Crippen molar-refractivity contribution < 1.29 is 4.74 Å². The molecule has 1 aliphatic heterocycles. The van der Waals surface area contributed by atoms with Crippen LogP contribution in [-0.2, 0) is 6.54 Å². The molecular weight excluding hydrogens is 328 g/mol. The second kappa shape index (κ2) is 7.61. The number of piperidine rings is 1. The molecule has 26 heavy (non-hydrogen) atoms. The van der Waals surface area contributed by atoms with E-state index >= 15 is 0 Å². The molecule has 0 radical (unpaired) electrons. The first-order valence-corrected chi connectivity index (χ1v) is 8.86. The van der Waals surface area contributed by atoms with Crippen molar-refractivity contribution in [3.05, 3.63) is 54.2 Å². The van der Waals surface area contributed by atoms with Crippen molar-refractivity contribution >= 4 is 0 Å². The Hall–Kier alpha value is -2.80. The molecule has 4 rings (SSSR count). The van der Waals surface area contributed by atoms with Crippen LogP contribution in [0.25, 0.3) is 11.4 Å². The van der Waals surface area contributed by atoms with E-state index in [1.807, 2.05) is 36.5 Å². The van der Waals surface area contributed by atoms with Crippen LogP contribution in [0.1, 0.15) is 30.1 Å². The van der Waals surface area contributed by atoms with E-state index in [1.54, 1.807) is 7.11 Å². The van der Waals surface area contributed by atoms with Crippen molar-refractivity contribution in [3.63, 3.8) is 0 Å². The third kappa shape index (κ3) is 3.57. The Morgan fingerprint density at radius 2 is 2.15 bits per heavy atom. The lowest BCUT2D eigenvalue weighted by Gasteiger charge is -2.31. The second-order valence-electron chi connectivity index (χ2n) is 6.54. The van der Waals surface area contributed by atoms with Crippen molar-refractivity contribution in [2.45, 2.75) is 25.3 Å². The molecule has 1 aliphatic rings. The number of H-pyrrole nitrogens is 1. The van der Waals surface area contributed by atoms with Gasteiger partial charge in [0.1, 0.15) is 12.2 Å². The van der Waals surface area contributed by atoms with Gasteiger partial charge < -0.3 is 4.74 Å². The molecular formula is C19H22N6O. The second-order valence-corrected chi connectivity index (χ2v) is 6.54. The Labute approximate surface area is 152 Å².